The van der Waals surface area contributed by atoms with Crippen LogP contribution in [0.3, 0.4) is 0 Å². The first-order valence-corrected chi connectivity index (χ1v) is 14.7. The molecule has 0 amide bonds. The average molecular weight is 527 g/mol. The number of rotatable bonds is 10. The smallest absolute Gasteiger partial charge is 0.308 e. The van der Waals surface area contributed by atoms with Gasteiger partial charge in [0, 0.05) is 13.5 Å². The van der Waals surface area contributed by atoms with Crippen LogP contribution in [0.1, 0.15) is 98.3 Å². The molecule has 0 aromatic rings. The second kappa shape index (κ2) is 14.0. The van der Waals surface area contributed by atoms with Gasteiger partial charge >= 0.3 is 5.97 Å². The van der Waals surface area contributed by atoms with E-state index in [-0.39, 0.29) is 24.6 Å². The summed E-state index contributed by atoms with van der Waals surface area (Å²) in [6.07, 6.45) is 15.4. The molecule has 3 aliphatic rings. The van der Waals surface area contributed by atoms with Crippen molar-refractivity contribution in [3.05, 3.63) is 35.5 Å². The zero-order valence-electron chi connectivity index (χ0n) is 24.4. The van der Waals surface area contributed by atoms with Gasteiger partial charge in [-0.2, -0.15) is 0 Å². The molecule has 5 nitrogen and oxygen atoms in total. The molecule has 5 unspecified atom stereocenters. The summed E-state index contributed by atoms with van der Waals surface area (Å²) in [4.78, 5) is 11.8. The normalized spacial score (nSPS) is 31.7. The second-order valence-corrected chi connectivity index (χ2v) is 12.1. The molecule has 3 aliphatic carbocycles. The molecule has 3 rings (SSSR count). The zero-order valence-corrected chi connectivity index (χ0v) is 24.4. The Morgan fingerprint density at radius 1 is 1.21 bits per heavy atom. The van der Waals surface area contributed by atoms with E-state index in [1.165, 1.54) is 37.7 Å². The number of hydrogen-bond donors (Lipinski definition) is 1. The van der Waals surface area contributed by atoms with Gasteiger partial charge < -0.3 is 19.3 Å². The molecule has 0 spiro atoms. The minimum absolute atomic E-state index is 0.0932. The van der Waals surface area contributed by atoms with E-state index in [9.17, 15) is 9.90 Å². The largest absolute Gasteiger partial charge is 0.466 e. The van der Waals surface area contributed by atoms with E-state index in [0.717, 1.165) is 37.7 Å². The predicted octanol–water partition coefficient (Wildman–Crippen LogP) is 6.70. The predicted molar refractivity (Wildman–Crippen MR) is 152 cm³/mol. The van der Waals surface area contributed by atoms with Crippen molar-refractivity contribution in [1.82, 2.24) is 0 Å². The lowest BCUT2D eigenvalue weighted by molar-refractivity contribution is -0.146. The minimum atomic E-state index is -0.907. The van der Waals surface area contributed by atoms with Gasteiger partial charge in [-0.3, -0.25) is 4.79 Å². The number of esters is 1. The van der Waals surface area contributed by atoms with E-state index in [0.29, 0.717) is 30.5 Å². The van der Waals surface area contributed by atoms with E-state index in [1.807, 2.05) is 6.92 Å². The summed E-state index contributed by atoms with van der Waals surface area (Å²) in [6, 6.07) is 0. The summed E-state index contributed by atoms with van der Waals surface area (Å²) in [5, 5.41) is 9.87. The van der Waals surface area contributed by atoms with Crippen LogP contribution < -0.4 is 0 Å². The minimum Gasteiger partial charge on any atom is -0.466 e. The van der Waals surface area contributed by atoms with Gasteiger partial charge in [0.2, 0.25) is 0 Å². The summed E-state index contributed by atoms with van der Waals surface area (Å²) in [5.41, 5.74) is 3.25. The van der Waals surface area contributed by atoms with Crippen molar-refractivity contribution in [2.24, 2.45) is 17.3 Å². The first kappa shape index (κ1) is 30.7. The molecule has 0 aromatic carbocycles. The molecular weight excluding hydrogens is 476 g/mol. The highest BCUT2D eigenvalue weighted by atomic mass is 16.5. The van der Waals surface area contributed by atoms with E-state index in [1.54, 1.807) is 26.5 Å². The van der Waals surface area contributed by atoms with Crippen LogP contribution in [-0.4, -0.2) is 49.2 Å². The van der Waals surface area contributed by atoms with Crippen molar-refractivity contribution >= 4 is 5.97 Å². The number of carbonyl (C=O) groups is 1. The van der Waals surface area contributed by atoms with Crippen LogP contribution in [0.2, 0.25) is 0 Å². The number of methoxy groups -OCH3 is 1. The monoisotopic (exact) mass is 526 g/mol. The molecule has 5 atom stereocenters. The highest BCUT2D eigenvalue weighted by Gasteiger charge is 2.48. The van der Waals surface area contributed by atoms with Gasteiger partial charge in [0.25, 0.3) is 0 Å². The van der Waals surface area contributed by atoms with E-state index >= 15 is 0 Å². The molecule has 38 heavy (non-hydrogen) atoms. The molecule has 0 aromatic heterocycles. The van der Waals surface area contributed by atoms with Gasteiger partial charge in [-0.05, 0) is 100 Å². The molecule has 212 valence electrons. The molecule has 0 heterocycles. The number of carbonyl (C=O) groups excluding carboxylic acids is 1. The highest BCUT2D eigenvalue weighted by molar-refractivity contribution is 5.69. The quantitative estimate of drug-likeness (QED) is 0.253. The molecule has 0 saturated heterocycles. The zero-order chi connectivity index (χ0) is 27.8. The van der Waals surface area contributed by atoms with Crippen molar-refractivity contribution < 1.29 is 24.1 Å². The summed E-state index contributed by atoms with van der Waals surface area (Å²) in [6.45, 7) is 13.1. The van der Waals surface area contributed by atoms with Gasteiger partial charge in [-0.25, -0.2) is 0 Å². The maximum atomic E-state index is 11.8. The number of ether oxygens (including phenoxy) is 3. The Bertz CT molecular complexity index is 943. The van der Waals surface area contributed by atoms with Gasteiger partial charge in [0.05, 0.1) is 25.7 Å². The lowest BCUT2D eigenvalue weighted by atomic mass is 9.62. The van der Waals surface area contributed by atoms with E-state index in [2.05, 4.69) is 37.5 Å². The summed E-state index contributed by atoms with van der Waals surface area (Å²) in [7, 11) is 1.71. The molecule has 3 saturated carbocycles. The van der Waals surface area contributed by atoms with Crippen LogP contribution in [0.5, 0.6) is 0 Å². The number of fused-ring (bicyclic) bond motifs is 1. The highest BCUT2D eigenvalue weighted by Crippen LogP contribution is 2.58. The molecule has 0 radical (unpaired) electrons. The van der Waals surface area contributed by atoms with Gasteiger partial charge in [-0.1, -0.05) is 44.1 Å². The topological polar surface area (TPSA) is 65.0 Å². The van der Waals surface area contributed by atoms with Crippen LogP contribution in [0.4, 0.5) is 0 Å². The van der Waals surface area contributed by atoms with Crippen molar-refractivity contribution in [3.63, 3.8) is 0 Å². The Morgan fingerprint density at radius 2 is 2.00 bits per heavy atom. The average Bonchev–Trinajstić information content (AvgIpc) is 3.21. The summed E-state index contributed by atoms with van der Waals surface area (Å²) < 4.78 is 17.0. The standard InChI is InChI=1S/C33H50O5/c1-7-22-38-30(34)19-23-37-29-18-15-25(24(2)31(29)36-6)13-14-26-11-10-21-33(5)27(16-17-28(26)33)12-8-9-20-32(3,4)35/h13-14,27-29,31,35H,2,7-8,10-12,15-19,21-23H2,1,3-6H3/b25-13-,26-14+. The fourth-order valence-corrected chi connectivity index (χ4v) is 6.81. The van der Waals surface area contributed by atoms with Crippen molar-refractivity contribution in [2.75, 3.05) is 20.3 Å². The summed E-state index contributed by atoms with van der Waals surface area (Å²) in [5.74, 6) is 7.30. The van der Waals surface area contributed by atoms with Crippen LogP contribution in [-0.2, 0) is 19.0 Å². The molecule has 5 heteroatoms. The van der Waals surface area contributed by atoms with Crippen LogP contribution in [0.25, 0.3) is 0 Å². The fraction of sp³-hybridized carbons (Fsp3) is 0.727. The van der Waals surface area contributed by atoms with Gasteiger partial charge in [0.1, 0.15) is 11.7 Å². The Kier molecular flexibility index (Phi) is 11.3. The molecule has 1 N–H and O–H groups in total. The Morgan fingerprint density at radius 3 is 2.71 bits per heavy atom. The van der Waals surface area contributed by atoms with Crippen molar-refractivity contribution in [3.8, 4) is 11.8 Å². The summed E-state index contributed by atoms with van der Waals surface area (Å²) >= 11 is 0. The second-order valence-electron chi connectivity index (χ2n) is 12.1. The third-order valence-corrected chi connectivity index (χ3v) is 8.82. The lowest BCUT2D eigenvalue weighted by Gasteiger charge is -2.42. The van der Waals surface area contributed by atoms with Gasteiger partial charge in [0.15, 0.2) is 0 Å². The van der Waals surface area contributed by atoms with Crippen molar-refractivity contribution in [1.29, 1.82) is 0 Å². The van der Waals surface area contributed by atoms with Crippen LogP contribution >= 0.6 is 0 Å². The third-order valence-electron chi connectivity index (χ3n) is 8.82. The maximum absolute atomic E-state index is 11.8. The first-order valence-electron chi connectivity index (χ1n) is 14.7. The fourth-order valence-electron chi connectivity index (χ4n) is 6.81. The maximum Gasteiger partial charge on any atom is 0.308 e. The van der Waals surface area contributed by atoms with Crippen LogP contribution in [0, 0.1) is 29.1 Å². The van der Waals surface area contributed by atoms with Crippen molar-refractivity contribution in [2.45, 2.75) is 116 Å². The third kappa shape index (κ3) is 8.07. The molecular formula is C33H50O5. The number of aliphatic hydroxyl groups is 1. The van der Waals surface area contributed by atoms with E-state index < -0.39 is 5.60 Å². The SMILES string of the molecule is C=C1/C(=C\C=C2/CCCC3(C)C(CCC#CC(C)(C)O)CCC23)CCC(OCCC(=O)OCCC)C1OC. The van der Waals surface area contributed by atoms with Gasteiger partial charge in [-0.15, -0.1) is 5.92 Å². The molecule has 0 bridgehead atoms. The Labute approximate surface area is 231 Å². The lowest BCUT2D eigenvalue weighted by Crippen LogP contribution is -2.37. The van der Waals surface area contributed by atoms with E-state index in [4.69, 9.17) is 14.2 Å². The molecule has 3 fully saturated rings. The molecule has 0 aliphatic heterocycles. The number of hydrogen-bond acceptors (Lipinski definition) is 5. The van der Waals surface area contributed by atoms with Crippen LogP contribution in [0.15, 0.2) is 35.5 Å². The Balaban J connectivity index is 1.60. The number of allylic oxidation sites excluding steroid dienone is 3. The Hall–Kier alpha value is -1.87. The first-order chi connectivity index (χ1) is 18.1.